The van der Waals surface area contributed by atoms with Crippen LogP contribution in [0.15, 0.2) is 59.0 Å². The number of amides is 1. The molecule has 6 nitrogen and oxygen atoms in total. The van der Waals surface area contributed by atoms with Gasteiger partial charge in [0.2, 0.25) is 0 Å². The zero-order valence-electron chi connectivity index (χ0n) is 16.7. The van der Waals surface area contributed by atoms with E-state index in [-0.39, 0.29) is 17.4 Å². The molecule has 0 spiro atoms. The van der Waals surface area contributed by atoms with Crippen molar-refractivity contribution in [1.29, 1.82) is 0 Å². The van der Waals surface area contributed by atoms with E-state index < -0.39 is 9.84 Å². The molecule has 29 heavy (non-hydrogen) atoms. The third kappa shape index (κ3) is 5.60. The molecule has 2 aromatic carbocycles. The predicted octanol–water partition coefficient (Wildman–Crippen LogP) is 3.62. The molecule has 1 N–H and O–H groups in total. The quantitative estimate of drug-likeness (QED) is 0.541. The van der Waals surface area contributed by atoms with Gasteiger partial charge < -0.3 is 14.6 Å². The molecule has 7 heteroatoms. The molecule has 0 aliphatic heterocycles. The Hall–Kier alpha value is -2.80. The van der Waals surface area contributed by atoms with Crippen LogP contribution in [0.5, 0.6) is 0 Å². The van der Waals surface area contributed by atoms with Crippen molar-refractivity contribution in [3.63, 3.8) is 0 Å². The van der Waals surface area contributed by atoms with Crippen molar-refractivity contribution >= 4 is 32.4 Å². The van der Waals surface area contributed by atoms with E-state index in [1.807, 2.05) is 25.2 Å². The second-order valence-electron chi connectivity index (χ2n) is 7.20. The zero-order valence-corrected chi connectivity index (χ0v) is 17.5. The molecule has 3 rings (SSSR count). The first kappa shape index (κ1) is 20.9. The first-order valence-corrected chi connectivity index (χ1v) is 11.6. The Bertz CT molecular complexity index is 1070. The molecular formula is C22H26N2O4S. The number of hydrogen-bond acceptors (Lipinski definition) is 5. The number of nitrogens with zero attached hydrogens (tertiary/aromatic N) is 1. The fourth-order valence-electron chi connectivity index (χ4n) is 3.26. The summed E-state index contributed by atoms with van der Waals surface area (Å²) in [6.45, 7) is 1.38. The van der Waals surface area contributed by atoms with Gasteiger partial charge in [0.1, 0.15) is 5.58 Å². The molecule has 0 fully saturated rings. The number of carbonyl (C=O) groups is 1. The van der Waals surface area contributed by atoms with Gasteiger partial charge in [-0.15, -0.1) is 0 Å². The number of anilines is 1. The van der Waals surface area contributed by atoms with Gasteiger partial charge in [0.25, 0.3) is 5.91 Å². The third-order valence-electron chi connectivity index (χ3n) is 4.71. The molecule has 0 bridgehead atoms. The molecule has 0 saturated carbocycles. The molecule has 1 heterocycles. The number of rotatable bonds is 9. The minimum Gasteiger partial charge on any atom is -0.451 e. The van der Waals surface area contributed by atoms with Gasteiger partial charge in [-0.3, -0.25) is 4.79 Å². The predicted molar refractivity (Wildman–Crippen MR) is 116 cm³/mol. The van der Waals surface area contributed by atoms with Crippen LogP contribution < -0.4 is 10.2 Å². The summed E-state index contributed by atoms with van der Waals surface area (Å²) in [5.74, 6) is -0.524. The molecule has 1 amide bonds. The Labute approximate surface area is 171 Å². The molecule has 0 unspecified atom stereocenters. The Morgan fingerprint density at radius 1 is 1.03 bits per heavy atom. The summed E-state index contributed by atoms with van der Waals surface area (Å²) < 4.78 is 29.3. The van der Waals surface area contributed by atoms with Crippen LogP contribution in [0.1, 0.15) is 29.0 Å². The van der Waals surface area contributed by atoms with E-state index in [2.05, 4.69) is 22.3 Å². The number of nitrogens with one attached hydrogen (secondary N) is 1. The second-order valence-corrected chi connectivity index (χ2v) is 9.34. The first-order chi connectivity index (χ1) is 13.8. The molecule has 154 valence electrons. The van der Waals surface area contributed by atoms with Gasteiger partial charge in [0.15, 0.2) is 15.6 Å². The van der Waals surface area contributed by atoms with Crippen molar-refractivity contribution in [1.82, 2.24) is 5.32 Å². The standard InChI is InChI=1S/C22H26N2O4S/c1-24(17-10-4-3-5-11-17)15-9-8-14-23-22(25)21-19(16-29(2,26)27)18-12-6-7-13-20(18)28-21/h3-7,10-13H,8-9,14-16H2,1-2H3,(H,23,25). The number of benzene rings is 2. The average Bonchev–Trinajstić information content (AvgIpc) is 3.05. The fourth-order valence-corrected chi connectivity index (χ4v) is 4.07. The van der Waals surface area contributed by atoms with E-state index in [1.54, 1.807) is 24.3 Å². The Balaban J connectivity index is 1.58. The van der Waals surface area contributed by atoms with Crippen LogP contribution >= 0.6 is 0 Å². The summed E-state index contributed by atoms with van der Waals surface area (Å²) in [6, 6.07) is 17.2. The van der Waals surface area contributed by atoms with E-state index in [0.717, 1.165) is 31.3 Å². The van der Waals surface area contributed by atoms with Crippen LogP contribution in [0.3, 0.4) is 0 Å². The van der Waals surface area contributed by atoms with Crippen molar-refractivity contribution in [2.45, 2.75) is 18.6 Å². The minimum absolute atomic E-state index is 0.0815. The average molecular weight is 415 g/mol. The molecule has 0 aliphatic carbocycles. The molecule has 0 atom stereocenters. The van der Waals surface area contributed by atoms with Crippen molar-refractivity contribution in [2.75, 3.05) is 31.3 Å². The molecule has 0 saturated heterocycles. The molecule has 0 aliphatic rings. The third-order valence-corrected chi connectivity index (χ3v) is 5.53. The number of furan rings is 1. The highest BCUT2D eigenvalue weighted by Gasteiger charge is 2.22. The number of unbranched alkanes of at least 4 members (excludes halogenated alkanes) is 1. The van der Waals surface area contributed by atoms with Gasteiger partial charge in [-0.2, -0.15) is 0 Å². The van der Waals surface area contributed by atoms with Gasteiger partial charge in [0.05, 0.1) is 5.75 Å². The van der Waals surface area contributed by atoms with Gasteiger partial charge >= 0.3 is 0 Å². The summed E-state index contributed by atoms with van der Waals surface area (Å²) in [7, 11) is -1.26. The fraction of sp³-hybridized carbons (Fsp3) is 0.318. The lowest BCUT2D eigenvalue weighted by atomic mass is 10.1. The van der Waals surface area contributed by atoms with Crippen LogP contribution in [-0.2, 0) is 15.6 Å². The number of fused-ring (bicyclic) bond motifs is 1. The SMILES string of the molecule is CN(CCCCNC(=O)c1oc2ccccc2c1CS(C)(=O)=O)c1ccccc1. The summed E-state index contributed by atoms with van der Waals surface area (Å²) in [5, 5.41) is 3.51. The van der Waals surface area contributed by atoms with Gasteiger partial charge in [-0.05, 0) is 31.0 Å². The minimum atomic E-state index is -3.31. The van der Waals surface area contributed by atoms with Crippen molar-refractivity contribution < 1.29 is 17.6 Å². The van der Waals surface area contributed by atoms with Crippen molar-refractivity contribution in [2.24, 2.45) is 0 Å². The monoisotopic (exact) mass is 414 g/mol. The Morgan fingerprint density at radius 3 is 2.45 bits per heavy atom. The summed E-state index contributed by atoms with van der Waals surface area (Å²) in [5.41, 5.74) is 2.09. The maximum absolute atomic E-state index is 12.6. The van der Waals surface area contributed by atoms with Crippen LogP contribution in [0.25, 0.3) is 11.0 Å². The summed E-state index contributed by atoms with van der Waals surface area (Å²) in [6.07, 6.45) is 2.88. The van der Waals surface area contributed by atoms with Gasteiger partial charge in [-0.1, -0.05) is 36.4 Å². The highest BCUT2D eigenvalue weighted by Crippen LogP contribution is 2.27. The molecular weight excluding hydrogens is 388 g/mol. The lowest BCUT2D eigenvalue weighted by Gasteiger charge is -2.19. The largest absolute Gasteiger partial charge is 0.451 e. The second kappa shape index (κ2) is 9.13. The van der Waals surface area contributed by atoms with Gasteiger partial charge in [0, 0.05) is 43.0 Å². The highest BCUT2D eigenvalue weighted by atomic mass is 32.2. The van der Waals surface area contributed by atoms with Crippen molar-refractivity contribution in [3.05, 3.63) is 65.9 Å². The number of para-hydroxylation sites is 2. The smallest absolute Gasteiger partial charge is 0.287 e. The maximum Gasteiger partial charge on any atom is 0.287 e. The molecule has 3 aromatic rings. The summed E-state index contributed by atoms with van der Waals surface area (Å²) >= 11 is 0. The first-order valence-electron chi connectivity index (χ1n) is 9.57. The van der Waals surface area contributed by atoms with Gasteiger partial charge in [-0.25, -0.2) is 8.42 Å². The van der Waals surface area contributed by atoms with Crippen LogP contribution in [0.2, 0.25) is 0 Å². The number of carbonyl (C=O) groups excluding carboxylic acids is 1. The Morgan fingerprint density at radius 2 is 1.72 bits per heavy atom. The topological polar surface area (TPSA) is 79.6 Å². The number of hydrogen-bond donors (Lipinski definition) is 1. The van der Waals surface area contributed by atoms with Crippen LogP contribution in [0.4, 0.5) is 5.69 Å². The maximum atomic E-state index is 12.6. The summed E-state index contributed by atoms with van der Waals surface area (Å²) in [4.78, 5) is 14.8. The van der Waals surface area contributed by atoms with E-state index >= 15 is 0 Å². The molecule has 1 aromatic heterocycles. The van der Waals surface area contributed by atoms with Crippen molar-refractivity contribution in [3.8, 4) is 0 Å². The highest BCUT2D eigenvalue weighted by molar-refractivity contribution is 7.89. The Kier molecular flexibility index (Phi) is 6.59. The van der Waals surface area contributed by atoms with Crippen LogP contribution in [-0.4, -0.2) is 40.7 Å². The van der Waals surface area contributed by atoms with E-state index in [1.165, 1.54) is 0 Å². The lowest BCUT2D eigenvalue weighted by molar-refractivity contribution is 0.0926. The van der Waals surface area contributed by atoms with E-state index in [9.17, 15) is 13.2 Å². The number of sulfone groups is 1. The van der Waals surface area contributed by atoms with Crippen LogP contribution in [0, 0.1) is 0 Å². The molecule has 0 radical (unpaired) electrons. The van der Waals surface area contributed by atoms with E-state index in [4.69, 9.17) is 4.42 Å². The van der Waals surface area contributed by atoms with E-state index in [0.29, 0.717) is 23.1 Å². The normalized spacial score (nSPS) is 11.5. The lowest BCUT2D eigenvalue weighted by Crippen LogP contribution is -2.26. The zero-order chi connectivity index (χ0) is 20.9.